The summed E-state index contributed by atoms with van der Waals surface area (Å²) in [6, 6.07) is 13.4. The van der Waals surface area contributed by atoms with E-state index in [1.165, 1.54) is 29.6 Å². The zero-order valence-corrected chi connectivity index (χ0v) is 18.0. The minimum absolute atomic E-state index is 0.0717. The number of ether oxygens (including phenoxy) is 1. The number of nitriles is 1. The number of methoxy groups -OCH3 is 1. The van der Waals surface area contributed by atoms with Crippen LogP contribution in [0.2, 0.25) is 5.02 Å². The van der Waals surface area contributed by atoms with Gasteiger partial charge in [-0.15, -0.1) is 0 Å². The molecule has 0 unspecified atom stereocenters. The number of nitrogens with one attached hydrogen (secondary N) is 1. The summed E-state index contributed by atoms with van der Waals surface area (Å²) >= 11 is 6.08. The number of carbonyl (C=O) groups is 1. The van der Waals surface area contributed by atoms with Crippen LogP contribution in [0.1, 0.15) is 18.4 Å². The van der Waals surface area contributed by atoms with Crippen LogP contribution in [0.3, 0.4) is 0 Å². The Morgan fingerprint density at radius 3 is 2.67 bits per heavy atom. The molecular formula is C21H22ClN3O4S. The number of halogens is 1. The number of nitrogens with zero attached hydrogens (tertiary/aromatic N) is 2. The lowest BCUT2D eigenvalue weighted by atomic mass is 9.98. The third-order valence-electron chi connectivity index (χ3n) is 5.02. The smallest absolute Gasteiger partial charge is 0.243 e. The first-order valence-corrected chi connectivity index (χ1v) is 11.3. The van der Waals surface area contributed by atoms with Crippen molar-refractivity contribution in [2.45, 2.75) is 24.2 Å². The van der Waals surface area contributed by atoms with Gasteiger partial charge in [0, 0.05) is 18.8 Å². The first-order chi connectivity index (χ1) is 14.3. The number of piperidine rings is 1. The second-order valence-corrected chi connectivity index (χ2v) is 9.36. The molecule has 1 aliphatic rings. The number of hydrogen-bond acceptors (Lipinski definition) is 5. The van der Waals surface area contributed by atoms with Gasteiger partial charge in [-0.05, 0) is 48.7 Å². The fourth-order valence-electron chi connectivity index (χ4n) is 3.37. The van der Waals surface area contributed by atoms with Crippen LogP contribution >= 0.6 is 11.6 Å². The Bertz CT molecular complexity index is 1060. The van der Waals surface area contributed by atoms with Crippen LogP contribution in [0.5, 0.6) is 5.75 Å². The molecule has 1 saturated heterocycles. The SMILES string of the molecule is COc1ccc(S(=O)(=O)N2CCC[C@@H](C(=O)Nc3ccc(CC#N)cc3)C2)cc1Cl. The second kappa shape index (κ2) is 9.47. The number of carbonyl (C=O) groups excluding carboxylic acids is 1. The van der Waals surface area contributed by atoms with Crippen molar-refractivity contribution in [3.05, 3.63) is 53.1 Å². The fourth-order valence-corrected chi connectivity index (χ4v) is 5.25. The number of benzene rings is 2. The summed E-state index contributed by atoms with van der Waals surface area (Å²) < 4.78 is 32.5. The minimum Gasteiger partial charge on any atom is -0.495 e. The number of amides is 1. The molecule has 0 radical (unpaired) electrons. The van der Waals surface area contributed by atoms with Crippen LogP contribution in [-0.2, 0) is 21.2 Å². The van der Waals surface area contributed by atoms with Crippen molar-refractivity contribution in [1.82, 2.24) is 4.31 Å². The Labute approximate surface area is 181 Å². The maximum Gasteiger partial charge on any atom is 0.243 e. The molecule has 3 rings (SSSR count). The van der Waals surface area contributed by atoms with E-state index in [-0.39, 0.29) is 22.4 Å². The lowest BCUT2D eigenvalue weighted by Gasteiger charge is -2.31. The van der Waals surface area contributed by atoms with Crippen LogP contribution in [-0.4, -0.2) is 38.8 Å². The van der Waals surface area contributed by atoms with E-state index in [1.54, 1.807) is 24.3 Å². The number of rotatable bonds is 6. The Morgan fingerprint density at radius 2 is 2.03 bits per heavy atom. The summed E-state index contributed by atoms with van der Waals surface area (Å²) in [5.74, 6) is -0.288. The lowest BCUT2D eigenvalue weighted by Crippen LogP contribution is -2.43. The largest absolute Gasteiger partial charge is 0.495 e. The molecule has 0 spiro atoms. The van der Waals surface area contributed by atoms with E-state index >= 15 is 0 Å². The van der Waals surface area contributed by atoms with Crippen molar-refractivity contribution in [1.29, 1.82) is 5.26 Å². The quantitative estimate of drug-likeness (QED) is 0.731. The highest BCUT2D eigenvalue weighted by atomic mass is 35.5. The van der Waals surface area contributed by atoms with Crippen LogP contribution in [0.15, 0.2) is 47.4 Å². The lowest BCUT2D eigenvalue weighted by molar-refractivity contribution is -0.120. The normalized spacial score (nSPS) is 17.2. The molecule has 0 aliphatic carbocycles. The third-order valence-corrected chi connectivity index (χ3v) is 7.18. The maximum atomic E-state index is 13.0. The van der Waals surface area contributed by atoms with E-state index in [9.17, 15) is 13.2 Å². The van der Waals surface area contributed by atoms with Crippen LogP contribution in [0.25, 0.3) is 0 Å². The van der Waals surface area contributed by atoms with Crippen molar-refractivity contribution in [2.75, 3.05) is 25.5 Å². The van der Waals surface area contributed by atoms with Crippen molar-refractivity contribution < 1.29 is 17.9 Å². The zero-order chi connectivity index (χ0) is 21.7. The van der Waals surface area contributed by atoms with Gasteiger partial charge in [0.2, 0.25) is 15.9 Å². The second-order valence-electron chi connectivity index (χ2n) is 7.02. The number of sulfonamides is 1. The number of hydrogen-bond donors (Lipinski definition) is 1. The van der Waals surface area contributed by atoms with Crippen molar-refractivity contribution in [2.24, 2.45) is 5.92 Å². The van der Waals surface area contributed by atoms with Crippen molar-refractivity contribution in [3.63, 3.8) is 0 Å². The average molecular weight is 448 g/mol. The van der Waals surface area contributed by atoms with Gasteiger partial charge >= 0.3 is 0 Å². The van der Waals surface area contributed by atoms with Crippen LogP contribution in [0.4, 0.5) is 5.69 Å². The summed E-state index contributed by atoms with van der Waals surface area (Å²) in [4.78, 5) is 12.8. The van der Waals surface area contributed by atoms with E-state index in [0.717, 1.165) is 5.56 Å². The minimum atomic E-state index is -3.78. The summed E-state index contributed by atoms with van der Waals surface area (Å²) in [6.45, 7) is 0.447. The first kappa shape index (κ1) is 22.1. The standard InChI is InChI=1S/C21H22ClN3O4S/c1-29-20-9-8-18(13-19(20)22)30(27,28)25-12-2-3-16(14-25)21(26)24-17-6-4-15(5-7-17)10-11-23/h4-9,13,16H,2-3,10,12,14H2,1H3,(H,24,26)/t16-/m1/s1. The molecule has 1 aliphatic heterocycles. The van der Waals surface area contributed by atoms with Crippen molar-refractivity contribution >= 4 is 33.2 Å². The molecule has 1 atom stereocenters. The molecule has 0 saturated carbocycles. The van der Waals surface area contributed by atoms with Gasteiger partial charge in [-0.2, -0.15) is 9.57 Å². The summed E-state index contributed by atoms with van der Waals surface area (Å²) in [7, 11) is -2.32. The van der Waals surface area contributed by atoms with Gasteiger partial charge in [-0.25, -0.2) is 8.42 Å². The molecule has 9 heteroatoms. The maximum absolute atomic E-state index is 13.0. The monoisotopic (exact) mass is 447 g/mol. The van der Waals surface area contributed by atoms with Crippen molar-refractivity contribution in [3.8, 4) is 11.8 Å². The third kappa shape index (κ3) is 4.93. The topological polar surface area (TPSA) is 99.5 Å². The van der Waals surface area contributed by atoms with Gasteiger partial charge in [-0.1, -0.05) is 23.7 Å². The molecule has 0 aromatic heterocycles. The molecule has 30 heavy (non-hydrogen) atoms. The van der Waals surface area contributed by atoms with Gasteiger partial charge < -0.3 is 10.1 Å². The predicted molar refractivity (Wildman–Crippen MR) is 114 cm³/mol. The highest BCUT2D eigenvalue weighted by molar-refractivity contribution is 7.89. The molecule has 158 valence electrons. The average Bonchev–Trinajstić information content (AvgIpc) is 2.75. The summed E-state index contributed by atoms with van der Waals surface area (Å²) in [5, 5.41) is 11.8. The van der Waals surface area contributed by atoms with Gasteiger partial charge in [0.25, 0.3) is 0 Å². The Kier molecular flexibility index (Phi) is 6.98. The Balaban J connectivity index is 1.70. The Hall–Kier alpha value is -2.60. The molecule has 2 aromatic carbocycles. The Morgan fingerprint density at radius 1 is 1.30 bits per heavy atom. The molecule has 2 aromatic rings. The molecule has 1 amide bonds. The highest BCUT2D eigenvalue weighted by Gasteiger charge is 2.33. The van der Waals surface area contributed by atoms with E-state index in [2.05, 4.69) is 11.4 Å². The van der Waals surface area contributed by atoms with E-state index in [0.29, 0.717) is 37.2 Å². The predicted octanol–water partition coefficient (Wildman–Crippen LogP) is 3.45. The van der Waals surface area contributed by atoms with Gasteiger partial charge in [0.05, 0.1) is 35.4 Å². The van der Waals surface area contributed by atoms with Crippen LogP contribution in [0, 0.1) is 17.2 Å². The number of anilines is 1. The molecular weight excluding hydrogens is 426 g/mol. The van der Waals surface area contributed by atoms with Gasteiger partial charge in [0.1, 0.15) is 5.75 Å². The summed E-state index contributed by atoms with van der Waals surface area (Å²) in [6.07, 6.45) is 1.50. The first-order valence-electron chi connectivity index (χ1n) is 9.45. The molecule has 7 nitrogen and oxygen atoms in total. The molecule has 1 N–H and O–H groups in total. The van der Waals surface area contributed by atoms with E-state index in [4.69, 9.17) is 21.6 Å². The zero-order valence-electron chi connectivity index (χ0n) is 16.5. The molecule has 1 fully saturated rings. The molecule has 1 heterocycles. The fraction of sp³-hybridized carbons (Fsp3) is 0.333. The van der Waals surface area contributed by atoms with E-state index < -0.39 is 15.9 Å². The van der Waals surface area contributed by atoms with Gasteiger partial charge in [-0.3, -0.25) is 4.79 Å². The summed E-state index contributed by atoms with van der Waals surface area (Å²) in [5.41, 5.74) is 1.48. The van der Waals surface area contributed by atoms with Crippen LogP contribution < -0.4 is 10.1 Å². The van der Waals surface area contributed by atoms with Gasteiger partial charge in [0.15, 0.2) is 0 Å². The van der Waals surface area contributed by atoms with E-state index in [1.807, 2.05) is 0 Å². The molecule has 0 bridgehead atoms. The highest BCUT2D eigenvalue weighted by Crippen LogP contribution is 2.30.